The van der Waals surface area contributed by atoms with Crippen LogP contribution in [0.2, 0.25) is 0 Å². The number of piperidine rings is 1. The van der Waals surface area contributed by atoms with Gasteiger partial charge in [-0.3, -0.25) is 4.79 Å². The first-order chi connectivity index (χ1) is 14.7. The summed E-state index contributed by atoms with van der Waals surface area (Å²) >= 11 is 0. The van der Waals surface area contributed by atoms with Crippen molar-refractivity contribution in [3.8, 4) is 0 Å². The van der Waals surface area contributed by atoms with Gasteiger partial charge in [0.05, 0.1) is 5.54 Å². The zero-order chi connectivity index (χ0) is 22.0. The van der Waals surface area contributed by atoms with Crippen LogP contribution in [0.5, 0.6) is 0 Å². The van der Waals surface area contributed by atoms with Crippen molar-refractivity contribution in [2.45, 2.75) is 88.6 Å². The van der Waals surface area contributed by atoms with Gasteiger partial charge < -0.3 is 25.3 Å². The number of rotatable bonds is 1. The van der Waals surface area contributed by atoms with Crippen LogP contribution in [0, 0.1) is 5.92 Å². The van der Waals surface area contributed by atoms with Gasteiger partial charge in [-0.15, -0.1) is 0 Å². The Kier molecular flexibility index (Phi) is 4.66. The van der Waals surface area contributed by atoms with Crippen LogP contribution in [0.4, 0.5) is 4.79 Å². The maximum Gasteiger partial charge on any atom is 0.345 e. The molecule has 4 aliphatic heterocycles. The Balaban J connectivity index is 1.43. The highest BCUT2D eigenvalue weighted by Crippen LogP contribution is 2.48. The van der Waals surface area contributed by atoms with Crippen LogP contribution >= 0.6 is 0 Å². The largest absolute Gasteiger partial charge is 0.358 e. The lowest BCUT2D eigenvalue weighted by molar-refractivity contribution is -0.0993. The van der Waals surface area contributed by atoms with Gasteiger partial charge in [-0.2, -0.15) is 4.98 Å². The highest BCUT2D eigenvalue weighted by Gasteiger charge is 2.58. The number of urea groups is 1. The third-order valence-corrected chi connectivity index (χ3v) is 7.49. The summed E-state index contributed by atoms with van der Waals surface area (Å²) in [5, 5.41) is 6.16. The molecule has 5 heterocycles. The molecule has 0 radical (unpaired) electrons. The molecule has 2 bridgehead atoms. The summed E-state index contributed by atoms with van der Waals surface area (Å²) in [7, 11) is 0. The number of hydrogen-bond donors (Lipinski definition) is 3. The van der Waals surface area contributed by atoms with E-state index < -0.39 is 5.69 Å². The predicted molar refractivity (Wildman–Crippen MR) is 113 cm³/mol. The minimum Gasteiger partial charge on any atom is -0.358 e. The first kappa shape index (κ1) is 20.5. The molecule has 3 N–H and O–H groups in total. The van der Waals surface area contributed by atoms with Crippen molar-refractivity contribution in [3.05, 3.63) is 27.9 Å². The van der Waals surface area contributed by atoms with Crippen LogP contribution in [0.25, 0.3) is 0 Å². The summed E-state index contributed by atoms with van der Waals surface area (Å²) in [6.45, 7) is 6.63. The summed E-state index contributed by atoms with van der Waals surface area (Å²) in [5.41, 5.74) is -0.241. The number of amides is 3. The number of aromatic amines is 1. The van der Waals surface area contributed by atoms with Crippen LogP contribution in [-0.2, 0) is 10.2 Å². The number of ether oxygens (including phenoxy) is 1. The normalized spacial score (nSPS) is 34.8. The van der Waals surface area contributed by atoms with Crippen molar-refractivity contribution in [2.75, 3.05) is 6.61 Å². The van der Waals surface area contributed by atoms with Crippen LogP contribution < -0.4 is 16.3 Å². The molecule has 4 atom stereocenters. The average molecular weight is 430 g/mol. The highest BCUT2D eigenvalue weighted by molar-refractivity contribution is 5.93. The molecular weight excluding hydrogens is 398 g/mol. The Hall–Kier alpha value is -2.42. The van der Waals surface area contributed by atoms with Gasteiger partial charge in [0.15, 0.2) is 0 Å². The molecule has 31 heavy (non-hydrogen) atoms. The molecule has 0 unspecified atom stereocenters. The molecule has 168 valence electrons. The second-order valence-electron chi connectivity index (χ2n) is 10.5. The molecule has 4 fully saturated rings. The first-order valence-electron chi connectivity index (χ1n) is 11.3. The van der Waals surface area contributed by atoms with Crippen LogP contribution in [0.1, 0.15) is 75.5 Å². The lowest BCUT2D eigenvalue weighted by Gasteiger charge is -2.55. The smallest absolute Gasteiger partial charge is 0.345 e. The number of aromatic nitrogens is 2. The number of nitrogens with zero attached hydrogens (tertiary/aromatic N) is 2. The summed E-state index contributed by atoms with van der Waals surface area (Å²) in [6, 6.07) is 1.57. The second-order valence-corrected chi connectivity index (χ2v) is 10.5. The highest BCUT2D eigenvalue weighted by atomic mass is 16.5. The van der Waals surface area contributed by atoms with E-state index in [0.29, 0.717) is 25.1 Å². The zero-order valence-corrected chi connectivity index (χ0v) is 18.4. The van der Waals surface area contributed by atoms with Gasteiger partial charge in [0, 0.05) is 35.7 Å². The third kappa shape index (κ3) is 3.43. The van der Waals surface area contributed by atoms with Crippen molar-refractivity contribution >= 4 is 11.9 Å². The summed E-state index contributed by atoms with van der Waals surface area (Å²) in [4.78, 5) is 46.7. The molecule has 4 saturated heterocycles. The summed E-state index contributed by atoms with van der Waals surface area (Å²) < 4.78 is 5.87. The van der Waals surface area contributed by atoms with Gasteiger partial charge in [0.1, 0.15) is 11.9 Å². The fourth-order valence-electron chi connectivity index (χ4n) is 6.10. The predicted octanol–water partition coefficient (Wildman–Crippen LogP) is 1.64. The topological polar surface area (TPSA) is 116 Å². The van der Waals surface area contributed by atoms with Gasteiger partial charge in [0.2, 0.25) is 0 Å². The molecule has 5 rings (SSSR count). The van der Waals surface area contributed by atoms with E-state index in [0.717, 1.165) is 25.7 Å². The minimum absolute atomic E-state index is 0.0198. The Morgan fingerprint density at radius 1 is 1.19 bits per heavy atom. The Morgan fingerprint density at radius 3 is 2.58 bits per heavy atom. The molecule has 9 nitrogen and oxygen atoms in total. The van der Waals surface area contributed by atoms with Crippen LogP contribution in [0.15, 0.2) is 10.9 Å². The lowest BCUT2D eigenvalue weighted by atomic mass is 9.69. The van der Waals surface area contributed by atoms with E-state index in [4.69, 9.17) is 4.74 Å². The van der Waals surface area contributed by atoms with Gasteiger partial charge in [-0.05, 0) is 44.6 Å². The number of carbonyl (C=O) groups excluding carboxylic acids is 2. The average Bonchev–Trinajstić information content (AvgIpc) is 2.98. The number of nitrogens with one attached hydrogen (secondary N) is 3. The zero-order valence-electron chi connectivity index (χ0n) is 18.4. The van der Waals surface area contributed by atoms with E-state index in [1.54, 1.807) is 6.07 Å². The maximum atomic E-state index is 13.5. The van der Waals surface area contributed by atoms with E-state index in [1.165, 1.54) is 0 Å². The van der Waals surface area contributed by atoms with Crippen molar-refractivity contribution in [3.63, 3.8) is 0 Å². The van der Waals surface area contributed by atoms with E-state index in [1.807, 2.05) is 25.7 Å². The van der Waals surface area contributed by atoms with Crippen molar-refractivity contribution < 1.29 is 14.3 Å². The summed E-state index contributed by atoms with van der Waals surface area (Å²) in [6.07, 6.45) is 4.93. The number of H-pyrrole nitrogens is 1. The van der Waals surface area contributed by atoms with Gasteiger partial charge >= 0.3 is 11.7 Å². The van der Waals surface area contributed by atoms with E-state index >= 15 is 0 Å². The molecule has 3 amide bonds. The Labute approximate surface area is 181 Å². The molecule has 1 spiro atoms. The molecule has 1 aromatic rings. The second kappa shape index (κ2) is 7.05. The van der Waals surface area contributed by atoms with Crippen molar-refractivity contribution in [1.29, 1.82) is 0 Å². The van der Waals surface area contributed by atoms with Crippen LogP contribution in [-0.4, -0.2) is 57.3 Å². The Morgan fingerprint density at radius 2 is 1.90 bits per heavy atom. The molecule has 0 saturated carbocycles. The minimum atomic E-state index is -0.496. The summed E-state index contributed by atoms with van der Waals surface area (Å²) in [5.74, 6) is 0.0140. The Bertz CT molecular complexity index is 953. The fourth-order valence-corrected chi connectivity index (χ4v) is 6.10. The standard InChI is InChI=1S/C22H31N5O4/c1-21(2,3)16-9-15(23-19(29)24-16)18(28)27-12-6-7-13(27)11-22(10-12)14-5-4-8-31-17(14)25-20(30)26-22/h9,12-14,17H,4-8,10-11H2,1-3H3,(H,23,24,29)(H2,25,26,30)/t12-,13-,14+,17-/m0/s1. The molecule has 4 aliphatic rings. The number of carbonyl (C=O) groups is 2. The maximum absolute atomic E-state index is 13.5. The third-order valence-electron chi connectivity index (χ3n) is 7.49. The van der Waals surface area contributed by atoms with Gasteiger partial charge in [-0.1, -0.05) is 20.8 Å². The van der Waals surface area contributed by atoms with Gasteiger partial charge in [0.25, 0.3) is 5.91 Å². The molecule has 0 aliphatic carbocycles. The molecule has 9 heteroatoms. The monoisotopic (exact) mass is 429 g/mol. The molecular formula is C22H31N5O4. The van der Waals surface area contributed by atoms with E-state index in [2.05, 4.69) is 20.6 Å². The number of hydrogen-bond acceptors (Lipinski definition) is 5. The van der Waals surface area contributed by atoms with E-state index in [9.17, 15) is 14.4 Å². The molecule has 0 aromatic carbocycles. The van der Waals surface area contributed by atoms with E-state index in [-0.39, 0.29) is 52.8 Å². The molecule has 1 aromatic heterocycles. The fraction of sp³-hybridized carbons (Fsp3) is 0.727. The first-order valence-corrected chi connectivity index (χ1v) is 11.3. The van der Waals surface area contributed by atoms with Gasteiger partial charge in [-0.25, -0.2) is 9.59 Å². The number of fused-ring (bicyclic) bond motifs is 4. The van der Waals surface area contributed by atoms with Crippen molar-refractivity contribution in [2.24, 2.45) is 5.92 Å². The SMILES string of the molecule is CC(C)(C)c1cc(C(=O)N2[C@H]3CC[C@H]2CC2(C3)NC(=O)N[C@H]3OCCC[C@H]32)nc(=O)[nH]1. The van der Waals surface area contributed by atoms with Crippen LogP contribution in [0.3, 0.4) is 0 Å². The van der Waals surface area contributed by atoms with Crippen molar-refractivity contribution in [1.82, 2.24) is 25.5 Å². The lowest BCUT2D eigenvalue weighted by Crippen LogP contribution is -2.73. The quantitative estimate of drug-likeness (QED) is 0.628.